The van der Waals surface area contributed by atoms with Crippen LogP contribution in [0.15, 0.2) is 87.3 Å². The third kappa shape index (κ3) is 4.54. The second-order valence-corrected chi connectivity index (χ2v) is 8.18. The van der Waals surface area contributed by atoms with E-state index in [4.69, 9.17) is 4.52 Å². The van der Waals surface area contributed by atoms with Crippen molar-refractivity contribution in [2.24, 2.45) is 0 Å². The number of fused-ring (bicyclic) bond motifs is 1. The van der Waals surface area contributed by atoms with Crippen LogP contribution in [0.2, 0.25) is 0 Å². The highest BCUT2D eigenvalue weighted by atomic mass is 32.2. The van der Waals surface area contributed by atoms with Crippen LogP contribution in [0.4, 0.5) is 8.78 Å². The Hall–Kier alpha value is -3.85. The minimum Gasteiger partial charge on any atom is -0.338 e. The van der Waals surface area contributed by atoms with Gasteiger partial charge in [-0.05, 0) is 54.1 Å². The van der Waals surface area contributed by atoms with Crippen LogP contribution in [0.1, 0.15) is 11.5 Å². The van der Waals surface area contributed by atoms with E-state index >= 15 is 0 Å². The number of para-hydroxylation sites is 1. The Morgan fingerprint density at radius 3 is 2.33 bits per heavy atom. The first-order chi connectivity index (χ1) is 16.1. The monoisotopic (exact) mass is 462 g/mol. The Morgan fingerprint density at radius 2 is 1.58 bits per heavy atom. The molecule has 5 aromatic rings. The second-order valence-electron chi connectivity index (χ2n) is 7.24. The third-order valence-electron chi connectivity index (χ3n) is 4.98. The fourth-order valence-corrected chi connectivity index (χ4v) is 4.16. The summed E-state index contributed by atoms with van der Waals surface area (Å²) < 4.78 is 33.4. The molecule has 0 unspecified atom stereocenters. The number of nitrogens with zero attached hydrogens (tertiary/aromatic N) is 4. The van der Waals surface area contributed by atoms with Crippen LogP contribution < -0.4 is 5.56 Å². The fourth-order valence-electron chi connectivity index (χ4n) is 3.33. The lowest BCUT2D eigenvalue weighted by molar-refractivity contribution is 0.391. The summed E-state index contributed by atoms with van der Waals surface area (Å²) >= 11 is 1.28. The Balaban J connectivity index is 1.45. The Morgan fingerprint density at radius 1 is 0.879 bits per heavy atom. The van der Waals surface area contributed by atoms with Crippen molar-refractivity contribution in [3.63, 3.8) is 0 Å². The Labute approximate surface area is 190 Å². The molecule has 6 nitrogen and oxygen atoms in total. The van der Waals surface area contributed by atoms with Gasteiger partial charge in [0.1, 0.15) is 11.6 Å². The first kappa shape index (κ1) is 21.0. The van der Waals surface area contributed by atoms with E-state index in [1.54, 1.807) is 47.0 Å². The van der Waals surface area contributed by atoms with Gasteiger partial charge in [0.05, 0.1) is 23.2 Å². The van der Waals surface area contributed by atoms with Crippen LogP contribution >= 0.6 is 11.8 Å². The molecule has 0 saturated heterocycles. The highest BCUT2D eigenvalue weighted by Gasteiger charge is 2.15. The van der Waals surface area contributed by atoms with Crippen molar-refractivity contribution in [3.05, 3.63) is 106 Å². The van der Waals surface area contributed by atoms with Gasteiger partial charge < -0.3 is 4.52 Å². The van der Waals surface area contributed by atoms with Crippen molar-refractivity contribution in [2.75, 3.05) is 0 Å². The molecule has 0 fully saturated rings. The molecule has 164 valence electrons. The minimum atomic E-state index is -0.348. The zero-order valence-electron chi connectivity index (χ0n) is 17.1. The van der Waals surface area contributed by atoms with Crippen LogP contribution in [-0.2, 0) is 12.3 Å². The molecular weight excluding hydrogens is 446 g/mol. The van der Waals surface area contributed by atoms with Crippen LogP contribution in [0.5, 0.6) is 0 Å². The summed E-state index contributed by atoms with van der Waals surface area (Å²) in [6.07, 6.45) is 0. The van der Waals surface area contributed by atoms with Crippen molar-refractivity contribution >= 4 is 22.7 Å². The number of benzene rings is 3. The maximum absolute atomic E-state index is 13.3. The molecule has 2 heterocycles. The normalized spacial score (nSPS) is 11.2. The van der Waals surface area contributed by atoms with Gasteiger partial charge >= 0.3 is 0 Å². The molecule has 2 aromatic heterocycles. The zero-order valence-corrected chi connectivity index (χ0v) is 17.9. The summed E-state index contributed by atoms with van der Waals surface area (Å²) in [5, 5.41) is 4.92. The van der Waals surface area contributed by atoms with Crippen LogP contribution in [0.3, 0.4) is 0 Å². The minimum absolute atomic E-state index is 0.190. The molecule has 0 bridgehead atoms. The largest absolute Gasteiger partial charge is 0.338 e. The predicted molar refractivity (Wildman–Crippen MR) is 121 cm³/mol. The summed E-state index contributed by atoms with van der Waals surface area (Å²) in [4.78, 5) is 22.2. The summed E-state index contributed by atoms with van der Waals surface area (Å²) in [6, 6.07) is 18.9. The van der Waals surface area contributed by atoms with Gasteiger partial charge in [0.25, 0.3) is 5.56 Å². The van der Waals surface area contributed by atoms with E-state index in [-0.39, 0.29) is 29.5 Å². The Bertz CT molecular complexity index is 1480. The molecule has 0 atom stereocenters. The molecule has 0 N–H and O–H groups in total. The van der Waals surface area contributed by atoms with Crippen molar-refractivity contribution in [3.8, 4) is 11.4 Å². The number of halogens is 2. The summed E-state index contributed by atoms with van der Waals surface area (Å²) in [5.41, 5.74) is 1.80. The number of hydrogen-bond donors (Lipinski definition) is 0. The molecular formula is C24H16F2N4O2S. The average Bonchev–Trinajstić information content (AvgIpc) is 3.30. The molecule has 9 heteroatoms. The average molecular weight is 462 g/mol. The number of hydrogen-bond acceptors (Lipinski definition) is 6. The van der Waals surface area contributed by atoms with Gasteiger partial charge in [-0.2, -0.15) is 4.98 Å². The number of rotatable bonds is 6. The van der Waals surface area contributed by atoms with Crippen molar-refractivity contribution in [1.29, 1.82) is 0 Å². The Kier molecular flexibility index (Phi) is 5.70. The molecule has 0 radical (unpaired) electrons. The van der Waals surface area contributed by atoms with Gasteiger partial charge in [-0.3, -0.25) is 9.36 Å². The highest BCUT2D eigenvalue weighted by molar-refractivity contribution is 7.98. The zero-order chi connectivity index (χ0) is 22.8. The lowest BCUT2D eigenvalue weighted by atomic mass is 10.2. The van der Waals surface area contributed by atoms with Crippen molar-refractivity contribution in [1.82, 2.24) is 19.7 Å². The standard InChI is InChI=1S/C24H16F2N4O2S/c25-17-9-5-15(6-10-17)13-30-23(31)19-3-1-2-4-20(19)27-24(30)33-14-21-28-22(29-32-21)16-7-11-18(26)12-8-16/h1-12H,13-14H2. The summed E-state index contributed by atoms with van der Waals surface area (Å²) in [6.45, 7) is 0.240. The lowest BCUT2D eigenvalue weighted by Crippen LogP contribution is -2.24. The van der Waals surface area contributed by atoms with Gasteiger partial charge in [0.2, 0.25) is 11.7 Å². The SMILES string of the molecule is O=c1c2ccccc2nc(SCc2nc(-c3ccc(F)cc3)no2)n1Cc1ccc(F)cc1. The molecule has 5 rings (SSSR count). The van der Waals surface area contributed by atoms with Crippen molar-refractivity contribution in [2.45, 2.75) is 17.5 Å². The molecule has 0 aliphatic heterocycles. The number of aromatic nitrogens is 4. The maximum Gasteiger partial charge on any atom is 0.262 e. The molecule has 0 aliphatic carbocycles. The van der Waals surface area contributed by atoms with E-state index in [0.29, 0.717) is 33.3 Å². The van der Waals surface area contributed by atoms with E-state index in [0.717, 1.165) is 5.56 Å². The second kappa shape index (κ2) is 8.95. The number of thioether (sulfide) groups is 1. The maximum atomic E-state index is 13.3. The van der Waals surface area contributed by atoms with Gasteiger partial charge in [-0.1, -0.05) is 41.2 Å². The first-order valence-electron chi connectivity index (χ1n) is 10.0. The highest BCUT2D eigenvalue weighted by Crippen LogP contribution is 2.24. The van der Waals surface area contributed by atoms with E-state index in [2.05, 4.69) is 15.1 Å². The van der Waals surface area contributed by atoms with Gasteiger partial charge in [0.15, 0.2) is 5.16 Å². The topological polar surface area (TPSA) is 73.8 Å². The molecule has 3 aromatic carbocycles. The van der Waals surface area contributed by atoms with Crippen LogP contribution in [0.25, 0.3) is 22.3 Å². The molecule has 0 spiro atoms. The van der Waals surface area contributed by atoms with Gasteiger partial charge in [-0.15, -0.1) is 0 Å². The lowest BCUT2D eigenvalue weighted by Gasteiger charge is -2.12. The predicted octanol–water partition coefficient (Wildman–Crippen LogP) is 5.07. The van der Waals surface area contributed by atoms with E-state index < -0.39 is 0 Å². The van der Waals surface area contributed by atoms with Crippen molar-refractivity contribution < 1.29 is 13.3 Å². The summed E-state index contributed by atoms with van der Waals surface area (Å²) in [5.74, 6) is 0.281. The van der Waals surface area contributed by atoms with E-state index in [9.17, 15) is 13.6 Å². The fraction of sp³-hybridized carbons (Fsp3) is 0.0833. The van der Waals surface area contributed by atoms with Crippen LogP contribution in [-0.4, -0.2) is 19.7 Å². The quantitative estimate of drug-likeness (QED) is 0.259. The van der Waals surface area contributed by atoms with Gasteiger partial charge in [-0.25, -0.2) is 13.8 Å². The molecule has 0 amide bonds. The van der Waals surface area contributed by atoms with E-state index in [1.807, 2.05) is 6.07 Å². The smallest absolute Gasteiger partial charge is 0.262 e. The first-order valence-corrected chi connectivity index (χ1v) is 11.0. The summed E-state index contributed by atoms with van der Waals surface area (Å²) in [7, 11) is 0. The molecule has 33 heavy (non-hydrogen) atoms. The third-order valence-corrected chi connectivity index (χ3v) is 5.94. The molecule has 0 aliphatic rings. The van der Waals surface area contributed by atoms with Crippen LogP contribution in [0, 0.1) is 11.6 Å². The molecule has 0 saturated carbocycles. The van der Waals surface area contributed by atoms with Gasteiger partial charge in [0, 0.05) is 5.56 Å². The van der Waals surface area contributed by atoms with E-state index in [1.165, 1.54) is 36.0 Å².